The Labute approximate surface area is 149 Å². The van der Waals surface area contributed by atoms with E-state index in [9.17, 15) is 0 Å². The fourth-order valence-corrected chi connectivity index (χ4v) is 4.87. The maximum Gasteiger partial charge on any atom is 0.147 e. The van der Waals surface area contributed by atoms with Gasteiger partial charge in [0, 0.05) is 24.2 Å². The third-order valence-corrected chi connectivity index (χ3v) is 6.00. The van der Waals surface area contributed by atoms with Gasteiger partial charge in [-0.1, -0.05) is 37.2 Å². The third kappa shape index (κ3) is 3.31. The zero-order chi connectivity index (χ0) is 16.4. The molecule has 1 aromatic carbocycles. The molecule has 3 heterocycles. The molecule has 0 bridgehead atoms. The molecule has 4 heteroatoms. The number of para-hydroxylation sites is 1. The van der Waals surface area contributed by atoms with Crippen LogP contribution in [0.5, 0.6) is 0 Å². The van der Waals surface area contributed by atoms with Crippen LogP contribution in [0.4, 0.5) is 11.5 Å². The molecule has 0 spiro atoms. The van der Waals surface area contributed by atoms with Crippen molar-refractivity contribution in [2.24, 2.45) is 5.92 Å². The molecular formula is C20H25N3S. The number of nitrogens with zero attached hydrogens (tertiary/aromatic N) is 3. The highest BCUT2D eigenvalue weighted by Crippen LogP contribution is 2.46. The van der Waals surface area contributed by atoms with Crippen molar-refractivity contribution in [3.8, 4) is 0 Å². The molecule has 2 aromatic rings. The summed E-state index contributed by atoms with van der Waals surface area (Å²) in [7, 11) is 0. The van der Waals surface area contributed by atoms with Crippen molar-refractivity contribution in [3.05, 3.63) is 42.6 Å². The average molecular weight is 340 g/mol. The summed E-state index contributed by atoms with van der Waals surface area (Å²) in [6.45, 7) is 7.13. The van der Waals surface area contributed by atoms with E-state index in [0.29, 0.717) is 5.92 Å². The summed E-state index contributed by atoms with van der Waals surface area (Å²) in [5.41, 5.74) is 1.30. The molecule has 0 amide bonds. The lowest BCUT2D eigenvalue weighted by Crippen LogP contribution is -2.37. The predicted molar refractivity (Wildman–Crippen MR) is 101 cm³/mol. The number of anilines is 2. The molecule has 0 saturated carbocycles. The zero-order valence-corrected chi connectivity index (χ0v) is 15.1. The van der Waals surface area contributed by atoms with Crippen molar-refractivity contribution < 1.29 is 0 Å². The molecule has 3 nitrogen and oxygen atoms in total. The van der Waals surface area contributed by atoms with Gasteiger partial charge in [0.1, 0.15) is 5.82 Å². The maximum absolute atomic E-state index is 4.69. The summed E-state index contributed by atoms with van der Waals surface area (Å²) in [4.78, 5) is 12.4. The highest BCUT2D eigenvalue weighted by molar-refractivity contribution is 7.99. The first-order valence-electron chi connectivity index (χ1n) is 9.03. The van der Waals surface area contributed by atoms with Crippen LogP contribution in [-0.2, 0) is 0 Å². The Morgan fingerprint density at radius 1 is 1.00 bits per heavy atom. The Balaban J connectivity index is 1.55. The van der Waals surface area contributed by atoms with Crippen molar-refractivity contribution in [1.82, 2.24) is 9.88 Å². The number of benzene rings is 1. The summed E-state index contributed by atoms with van der Waals surface area (Å²) in [6, 6.07) is 12.9. The molecule has 4 rings (SSSR count). The third-order valence-electron chi connectivity index (χ3n) is 4.90. The van der Waals surface area contributed by atoms with Crippen LogP contribution in [0.3, 0.4) is 0 Å². The van der Waals surface area contributed by atoms with E-state index in [-0.39, 0.29) is 0 Å². The highest BCUT2D eigenvalue weighted by atomic mass is 32.2. The van der Waals surface area contributed by atoms with Gasteiger partial charge in [0.05, 0.1) is 10.6 Å². The fourth-order valence-electron chi connectivity index (χ4n) is 3.80. The average Bonchev–Trinajstić information content (AvgIpc) is 2.62. The van der Waals surface area contributed by atoms with Gasteiger partial charge in [-0.3, -0.25) is 0 Å². The number of aromatic nitrogens is 1. The Hall–Kier alpha value is -1.52. The molecule has 1 saturated heterocycles. The van der Waals surface area contributed by atoms with Crippen LogP contribution in [0.15, 0.2) is 52.4 Å². The molecule has 0 radical (unpaired) electrons. The largest absolute Gasteiger partial charge is 0.324 e. The van der Waals surface area contributed by atoms with Gasteiger partial charge in [-0.25, -0.2) is 4.98 Å². The molecular weight excluding hydrogens is 314 g/mol. The lowest BCUT2D eigenvalue weighted by atomic mass is 10.1. The first kappa shape index (κ1) is 16.0. The van der Waals surface area contributed by atoms with Gasteiger partial charge in [-0.05, 0) is 56.1 Å². The Bertz CT molecular complexity index is 651. The second-order valence-electron chi connectivity index (χ2n) is 6.97. The van der Waals surface area contributed by atoms with Crippen LogP contribution in [0.25, 0.3) is 0 Å². The normalized spacial score (nSPS) is 18.8. The van der Waals surface area contributed by atoms with Crippen molar-refractivity contribution in [1.29, 1.82) is 0 Å². The summed E-state index contributed by atoms with van der Waals surface area (Å²) in [5.74, 6) is 1.74. The van der Waals surface area contributed by atoms with Gasteiger partial charge < -0.3 is 9.80 Å². The minimum atomic E-state index is 0.620. The minimum absolute atomic E-state index is 0.620. The molecule has 0 aliphatic carbocycles. The molecule has 0 N–H and O–H groups in total. The monoisotopic (exact) mass is 339 g/mol. The number of piperidine rings is 1. The molecule has 2 aliphatic rings. The molecule has 1 atom stereocenters. The summed E-state index contributed by atoms with van der Waals surface area (Å²) in [6.07, 6.45) is 6.04. The van der Waals surface area contributed by atoms with Crippen molar-refractivity contribution in [3.63, 3.8) is 0 Å². The lowest BCUT2D eigenvalue weighted by molar-refractivity contribution is 0.202. The van der Waals surface area contributed by atoms with Gasteiger partial charge in [-0.15, -0.1) is 0 Å². The highest BCUT2D eigenvalue weighted by Gasteiger charge is 2.26. The van der Waals surface area contributed by atoms with Gasteiger partial charge in [0.25, 0.3) is 0 Å². The topological polar surface area (TPSA) is 19.4 Å². The van der Waals surface area contributed by atoms with Crippen LogP contribution in [0.1, 0.15) is 26.2 Å². The van der Waals surface area contributed by atoms with E-state index in [2.05, 4.69) is 47.1 Å². The summed E-state index contributed by atoms with van der Waals surface area (Å²) >= 11 is 1.83. The molecule has 1 aromatic heterocycles. The number of hydrogen-bond donors (Lipinski definition) is 0. The van der Waals surface area contributed by atoms with Crippen molar-refractivity contribution in [2.75, 3.05) is 31.1 Å². The van der Waals surface area contributed by atoms with Gasteiger partial charge in [-0.2, -0.15) is 0 Å². The van der Waals surface area contributed by atoms with Crippen molar-refractivity contribution >= 4 is 23.3 Å². The van der Waals surface area contributed by atoms with Crippen LogP contribution in [0.2, 0.25) is 0 Å². The van der Waals surface area contributed by atoms with E-state index in [0.717, 1.165) is 12.4 Å². The van der Waals surface area contributed by atoms with Gasteiger partial charge in [0.2, 0.25) is 0 Å². The number of rotatable bonds is 4. The maximum atomic E-state index is 4.69. The van der Waals surface area contributed by atoms with E-state index in [1.54, 1.807) is 0 Å². The Kier molecular flexibility index (Phi) is 4.76. The van der Waals surface area contributed by atoms with Crippen LogP contribution < -0.4 is 4.90 Å². The van der Waals surface area contributed by atoms with E-state index < -0.39 is 0 Å². The first-order valence-corrected chi connectivity index (χ1v) is 9.85. The van der Waals surface area contributed by atoms with E-state index >= 15 is 0 Å². The number of pyridine rings is 1. The summed E-state index contributed by atoms with van der Waals surface area (Å²) in [5, 5.41) is 0. The standard InChI is InChI=1S/C20H25N3S/c1-16(14-22-12-5-2-6-13-22)15-23-17-8-3-4-9-18(17)24-19-10-7-11-21-20(19)23/h3-4,7-11,16H,2,5-6,12-15H2,1H3. The first-order chi connectivity index (χ1) is 11.8. The number of hydrogen-bond acceptors (Lipinski definition) is 4. The second kappa shape index (κ2) is 7.16. The molecule has 126 valence electrons. The summed E-state index contributed by atoms with van der Waals surface area (Å²) < 4.78 is 0. The quantitative estimate of drug-likeness (QED) is 0.796. The minimum Gasteiger partial charge on any atom is -0.324 e. The lowest BCUT2D eigenvalue weighted by Gasteiger charge is -2.35. The molecule has 1 unspecified atom stereocenters. The number of likely N-dealkylation sites (tertiary alicyclic amines) is 1. The molecule has 24 heavy (non-hydrogen) atoms. The smallest absolute Gasteiger partial charge is 0.147 e. The van der Waals surface area contributed by atoms with E-state index in [1.807, 2.05) is 24.0 Å². The SMILES string of the molecule is CC(CN1CCCCC1)CN1c2ccccc2Sc2cccnc21. The molecule has 1 fully saturated rings. The van der Waals surface area contributed by atoms with Crippen LogP contribution >= 0.6 is 11.8 Å². The van der Waals surface area contributed by atoms with Crippen molar-refractivity contribution in [2.45, 2.75) is 36.0 Å². The van der Waals surface area contributed by atoms with E-state index in [4.69, 9.17) is 4.98 Å². The van der Waals surface area contributed by atoms with Gasteiger partial charge in [0.15, 0.2) is 0 Å². The Morgan fingerprint density at radius 3 is 2.67 bits per heavy atom. The zero-order valence-electron chi connectivity index (χ0n) is 14.3. The predicted octanol–water partition coefficient (Wildman–Crippen LogP) is 4.81. The Morgan fingerprint density at radius 2 is 1.79 bits per heavy atom. The van der Waals surface area contributed by atoms with Crippen LogP contribution in [0, 0.1) is 5.92 Å². The number of fused-ring (bicyclic) bond motifs is 2. The fraction of sp³-hybridized carbons (Fsp3) is 0.450. The second-order valence-corrected chi connectivity index (χ2v) is 8.06. The molecule has 2 aliphatic heterocycles. The van der Waals surface area contributed by atoms with Crippen LogP contribution in [-0.4, -0.2) is 36.1 Å². The van der Waals surface area contributed by atoms with Gasteiger partial charge >= 0.3 is 0 Å². The van der Waals surface area contributed by atoms with E-state index in [1.165, 1.54) is 54.4 Å².